The van der Waals surface area contributed by atoms with Gasteiger partial charge in [0.2, 0.25) is 0 Å². The smallest absolute Gasteiger partial charge is 0.00183 e. The molecule has 0 bridgehead atoms. The Morgan fingerprint density at radius 3 is 2.64 bits per heavy atom. The summed E-state index contributed by atoms with van der Waals surface area (Å²) in [5, 5.41) is 11.1. The van der Waals surface area contributed by atoms with E-state index in [2.05, 4.69) is 10.2 Å². The molecule has 0 unspecified atom stereocenters. The number of likely N-dealkylation sites (tertiary alicyclic amines) is 1. The predicted octanol–water partition coefficient (Wildman–Crippen LogP) is 1.45. The average Bonchev–Trinajstić information content (AvgIpc) is 2.39. The van der Waals surface area contributed by atoms with Crippen molar-refractivity contribution < 1.29 is 0 Å². The van der Waals surface area contributed by atoms with Crippen LogP contribution >= 0.6 is 0 Å². The maximum Gasteiger partial charge on any atom is -0.00183 e. The second-order valence-corrected chi connectivity index (χ2v) is 3.02. The summed E-state index contributed by atoms with van der Waals surface area (Å²) < 4.78 is 0. The van der Waals surface area contributed by atoms with Crippen LogP contribution in [0.4, 0.5) is 0 Å². The highest BCUT2D eigenvalue weighted by molar-refractivity contribution is 5.89. The number of nitrogens with one attached hydrogen (secondary N) is 1. The van der Waals surface area contributed by atoms with E-state index in [4.69, 9.17) is 5.41 Å². The molecular weight excluding hydrogens is 138 g/mol. The molecule has 1 fully saturated rings. The molecule has 0 aliphatic carbocycles. The molecule has 1 heterocycles. The standard InChI is InChI=1S/C8H16N3/c1-8(9)10-4-7-11-5-2-3-6-11/h2-7H2,1H3,(H-,9,10)/q-1. The van der Waals surface area contributed by atoms with Crippen molar-refractivity contribution in [3.05, 3.63) is 5.32 Å². The van der Waals surface area contributed by atoms with Crippen LogP contribution in [0.25, 0.3) is 5.32 Å². The minimum absolute atomic E-state index is 0.448. The van der Waals surface area contributed by atoms with Crippen molar-refractivity contribution in [2.75, 3.05) is 26.2 Å². The van der Waals surface area contributed by atoms with Crippen LogP contribution in [0.1, 0.15) is 19.8 Å². The van der Waals surface area contributed by atoms with Gasteiger partial charge in [-0.1, -0.05) is 5.84 Å². The molecule has 3 heteroatoms. The Kier molecular flexibility index (Phi) is 3.36. The van der Waals surface area contributed by atoms with Gasteiger partial charge in [0, 0.05) is 0 Å². The van der Waals surface area contributed by atoms with Crippen LogP contribution in [0.15, 0.2) is 0 Å². The van der Waals surface area contributed by atoms with E-state index in [1.165, 1.54) is 25.9 Å². The first-order chi connectivity index (χ1) is 5.29. The first kappa shape index (κ1) is 8.53. The van der Waals surface area contributed by atoms with Crippen LogP contribution in [-0.4, -0.2) is 36.9 Å². The van der Waals surface area contributed by atoms with Crippen LogP contribution in [0.5, 0.6) is 0 Å². The van der Waals surface area contributed by atoms with Crippen molar-refractivity contribution in [1.29, 1.82) is 5.41 Å². The van der Waals surface area contributed by atoms with Gasteiger partial charge in [-0.25, -0.2) is 0 Å². The maximum absolute atomic E-state index is 7.08. The number of hydrogen-bond donors (Lipinski definition) is 1. The highest BCUT2D eigenvalue weighted by Crippen LogP contribution is 2.06. The largest absolute Gasteiger partial charge is 0.486 e. The molecule has 64 valence electrons. The van der Waals surface area contributed by atoms with Gasteiger partial charge in [-0.3, -0.25) is 0 Å². The fourth-order valence-corrected chi connectivity index (χ4v) is 1.37. The quantitative estimate of drug-likeness (QED) is 0.485. The highest BCUT2D eigenvalue weighted by atomic mass is 15.2. The summed E-state index contributed by atoms with van der Waals surface area (Å²) in [6, 6.07) is 0. The fraction of sp³-hybridized carbons (Fsp3) is 0.875. The molecule has 1 rings (SSSR count). The van der Waals surface area contributed by atoms with E-state index in [0.29, 0.717) is 5.84 Å². The molecule has 0 aromatic heterocycles. The first-order valence-corrected chi connectivity index (χ1v) is 4.24. The normalized spacial score (nSPS) is 18.6. The third-order valence-corrected chi connectivity index (χ3v) is 1.96. The summed E-state index contributed by atoms with van der Waals surface area (Å²) >= 11 is 0. The monoisotopic (exact) mass is 154 g/mol. The van der Waals surface area contributed by atoms with E-state index in [9.17, 15) is 0 Å². The van der Waals surface area contributed by atoms with Crippen LogP contribution in [-0.2, 0) is 0 Å². The van der Waals surface area contributed by atoms with Gasteiger partial charge in [-0.05, 0) is 45.9 Å². The van der Waals surface area contributed by atoms with E-state index in [-0.39, 0.29) is 0 Å². The molecule has 1 saturated heterocycles. The fourth-order valence-electron chi connectivity index (χ4n) is 1.37. The lowest BCUT2D eigenvalue weighted by atomic mass is 10.4. The zero-order valence-electron chi connectivity index (χ0n) is 7.14. The summed E-state index contributed by atoms with van der Waals surface area (Å²) in [6.07, 6.45) is 2.67. The van der Waals surface area contributed by atoms with Gasteiger partial charge in [0.15, 0.2) is 0 Å². The Morgan fingerprint density at radius 1 is 1.45 bits per heavy atom. The minimum atomic E-state index is 0.448. The number of hydrogen-bond acceptors (Lipinski definition) is 2. The number of amidine groups is 1. The van der Waals surface area contributed by atoms with Crippen molar-refractivity contribution in [3.63, 3.8) is 0 Å². The van der Waals surface area contributed by atoms with Gasteiger partial charge < -0.3 is 15.6 Å². The summed E-state index contributed by atoms with van der Waals surface area (Å²) in [5.74, 6) is 0.448. The van der Waals surface area contributed by atoms with E-state index in [1.54, 1.807) is 6.92 Å². The molecule has 0 saturated carbocycles. The maximum atomic E-state index is 7.08. The molecule has 0 aromatic carbocycles. The van der Waals surface area contributed by atoms with Gasteiger partial charge >= 0.3 is 0 Å². The second-order valence-electron chi connectivity index (χ2n) is 3.02. The topological polar surface area (TPSA) is 41.2 Å². The van der Waals surface area contributed by atoms with Crippen molar-refractivity contribution in [3.8, 4) is 0 Å². The Morgan fingerprint density at radius 2 is 2.09 bits per heavy atom. The average molecular weight is 154 g/mol. The zero-order chi connectivity index (χ0) is 8.10. The van der Waals surface area contributed by atoms with Gasteiger partial charge in [0.25, 0.3) is 0 Å². The molecule has 11 heavy (non-hydrogen) atoms. The zero-order valence-corrected chi connectivity index (χ0v) is 7.14. The van der Waals surface area contributed by atoms with Crippen LogP contribution in [0, 0.1) is 5.41 Å². The molecule has 0 radical (unpaired) electrons. The third-order valence-electron chi connectivity index (χ3n) is 1.96. The SMILES string of the molecule is CC(=N)[N-]CCN1CCCC1. The Hall–Kier alpha value is -0.570. The van der Waals surface area contributed by atoms with Gasteiger partial charge in [0.05, 0.1) is 0 Å². The molecular formula is C8H16N3-. The summed E-state index contributed by atoms with van der Waals surface area (Å²) in [7, 11) is 0. The highest BCUT2D eigenvalue weighted by Gasteiger charge is 2.08. The van der Waals surface area contributed by atoms with Gasteiger partial charge in [-0.15, -0.1) is 0 Å². The van der Waals surface area contributed by atoms with Crippen molar-refractivity contribution >= 4 is 5.84 Å². The lowest BCUT2D eigenvalue weighted by Gasteiger charge is -2.18. The summed E-state index contributed by atoms with van der Waals surface area (Å²) in [5.41, 5.74) is 0. The predicted molar refractivity (Wildman–Crippen MR) is 47.3 cm³/mol. The molecule has 1 N–H and O–H groups in total. The van der Waals surface area contributed by atoms with Crippen LogP contribution in [0.3, 0.4) is 0 Å². The molecule has 1 aliphatic rings. The lowest BCUT2D eigenvalue weighted by Crippen LogP contribution is -2.23. The lowest BCUT2D eigenvalue weighted by molar-refractivity contribution is 0.355. The molecule has 0 spiro atoms. The summed E-state index contributed by atoms with van der Waals surface area (Å²) in [4.78, 5) is 2.41. The van der Waals surface area contributed by atoms with Crippen LogP contribution in [0.2, 0.25) is 0 Å². The molecule has 3 nitrogen and oxygen atoms in total. The Labute approximate surface area is 68.3 Å². The van der Waals surface area contributed by atoms with Gasteiger partial charge in [0.1, 0.15) is 0 Å². The van der Waals surface area contributed by atoms with E-state index in [0.717, 1.165) is 13.1 Å². The Bertz CT molecular complexity index is 127. The third kappa shape index (κ3) is 3.37. The molecule has 0 atom stereocenters. The molecule has 0 aromatic rings. The van der Waals surface area contributed by atoms with Crippen molar-refractivity contribution in [1.82, 2.24) is 4.90 Å². The molecule has 0 amide bonds. The summed E-state index contributed by atoms with van der Waals surface area (Å²) in [6.45, 7) is 6.02. The number of rotatable bonds is 3. The van der Waals surface area contributed by atoms with Crippen LogP contribution < -0.4 is 0 Å². The second kappa shape index (κ2) is 4.34. The van der Waals surface area contributed by atoms with Crippen molar-refractivity contribution in [2.45, 2.75) is 19.8 Å². The Balaban J connectivity index is 1.98. The van der Waals surface area contributed by atoms with E-state index < -0.39 is 0 Å². The first-order valence-electron chi connectivity index (χ1n) is 4.24. The van der Waals surface area contributed by atoms with Crippen molar-refractivity contribution in [2.24, 2.45) is 0 Å². The minimum Gasteiger partial charge on any atom is -0.486 e. The number of nitrogens with zero attached hydrogens (tertiary/aromatic N) is 2. The van der Waals surface area contributed by atoms with Gasteiger partial charge in [-0.2, -0.15) is 0 Å². The van der Waals surface area contributed by atoms with E-state index >= 15 is 0 Å². The van der Waals surface area contributed by atoms with E-state index in [1.807, 2.05) is 0 Å². The molecule has 1 aliphatic heterocycles.